The number of carbonyl (C=O) groups excluding carboxylic acids is 1. The van der Waals surface area contributed by atoms with Gasteiger partial charge in [-0.15, -0.1) is 11.3 Å². The molecule has 0 radical (unpaired) electrons. The highest BCUT2D eigenvalue weighted by Gasteiger charge is 2.07. The largest absolute Gasteiger partial charge is 0.338 e. The van der Waals surface area contributed by atoms with Crippen molar-refractivity contribution in [1.29, 1.82) is 0 Å². The average Bonchev–Trinajstić information content (AvgIpc) is 2.66. The summed E-state index contributed by atoms with van der Waals surface area (Å²) in [7, 11) is 0. The van der Waals surface area contributed by atoms with Crippen LogP contribution in [0, 0.1) is 0 Å². The maximum absolute atomic E-state index is 11.4. The number of hydrogen-bond donors (Lipinski definition) is 2. The van der Waals surface area contributed by atoms with Gasteiger partial charge in [-0.05, 0) is 12.3 Å². The Hall–Kier alpha value is -1.10. The predicted molar refractivity (Wildman–Crippen MR) is 68.1 cm³/mol. The second kappa shape index (κ2) is 6.48. The van der Waals surface area contributed by atoms with Gasteiger partial charge in [0.25, 0.3) is 0 Å². The molecule has 0 unspecified atom stereocenters. The summed E-state index contributed by atoms with van der Waals surface area (Å²) >= 11 is 1.53. The molecule has 0 saturated heterocycles. The van der Waals surface area contributed by atoms with Crippen LogP contribution < -0.4 is 10.6 Å². The van der Waals surface area contributed by atoms with Crippen LogP contribution in [-0.2, 0) is 0 Å². The molecule has 4 nitrogen and oxygen atoms in total. The van der Waals surface area contributed by atoms with Gasteiger partial charge in [-0.3, -0.25) is 5.32 Å². The molecule has 0 aliphatic heterocycles. The maximum atomic E-state index is 11.4. The van der Waals surface area contributed by atoms with Crippen molar-refractivity contribution < 1.29 is 4.79 Å². The molecule has 2 amide bonds. The summed E-state index contributed by atoms with van der Waals surface area (Å²) in [6.07, 6.45) is 3.90. The van der Waals surface area contributed by atoms with Gasteiger partial charge in [-0.2, -0.15) is 0 Å². The van der Waals surface area contributed by atoms with Crippen LogP contribution >= 0.6 is 11.3 Å². The molecular weight excluding hydrogens is 222 g/mol. The Morgan fingerprint density at radius 3 is 2.88 bits per heavy atom. The highest BCUT2D eigenvalue weighted by molar-refractivity contribution is 7.15. The van der Waals surface area contributed by atoms with E-state index in [1.807, 2.05) is 6.20 Å². The number of anilines is 1. The number of nitrogens with one attached hydrogen (secondary N) is 2. The number of unbranched alkanes of at least 4 members (excludes halogenated alkanes) is 1. The van der Waals surface area contributed by atoms with E-state index in [1.165, 1.54) is 16.2 Å². The third kappa shape index (κ3) is 4.18. The van der Waals surface area contributed by atoms with Gasteiger partial charge in [-0.25, -0.2) is 9.78 Å². The quantitative estimate of drug-likeness (QED) is 0.778. The molecule has 1 aromatic rings. The minimum absolute atomic E-state index is 0.168. The molecule has 2 N–H and O–H groups in total. The summed E-state index contributed by atoms with van der Waals surface area (Å²) in [5.74, 6) is 0.455. The summed E-state index contributed by atoms with van der Waals surface area (Å²) in [5, 5.41) is 6.19. The number of rotatable bonds is 5. The average molecular weight is 241 g/mol. The Morgan fingerprint density at radius 1 is 1.56 bits per heavy atom. The Balaban J connectivity index is 2.37. The van der Waals surface area contributed by atoms with E-state index in [4.69, 9.17) is 0 Å². The number of aromatic nitrogens is 1. The number of nitrogens with zero attached hydrogens (tertiary/aromatic N) is 1. The lowest BCUT2D eigenvalue weighted by Gasteiger charge is -2.03. The van der Waals surface area contributed by atoms with Crippen LogP contribution in [0.5, 0.6) is 0 Å². The molecule has 0 spiro atoms. The molecule has 1 heterocycles. The molecule has 5 heteroatoms. The van der Waals surface area contributed by atoms with Crippen molar-refractivity contribution in [2.45, 2.75) is 39.5 Å². The van der Waals surface area contributed by atoms with Gasteiger partial charge >= 0.3 is 6.03 Å². The van der Waals surface area contributed by atoms with Crippen LogP contribution in [-0.4, -0.2) is 17.6 Å². The highest BCUT2D eigenvalue weighted by Crippen LogP contribution is 2.24. The molecule has 0 saturated carbocycles. The lowest BCUT2D eigenvalue weighted by Crippen LogP contribution is -2.29. The minimum Gasteiger partial charge on any atom is -0.338 e. The number of hydrogen-bond acceptors (Lipinski definition) is 3. The topological polar surface area (TPSA) is 54.0 Å². The smallest absolute Gasteiger partial charge is 0.321 e. The van der Waals surface area contributed by atoms with Crippen molar-refractivity contribution in [2.75, 3.05) is 11.9 Å². The summed E-state index contributed by atoms with van der Waals surface area (Å²) < 4.78 is 0. The van der Waals surface area contributed by atoms with Gasteiger partial charge in [-0.1, -0.05) is 27.2 Å². The van der Waals surface area contributed by atoms with Crippen molar-refractivity contribution >= 4 is 22.5 Å². The van der Waals surface area contributed by atoms with E-state index in [9.17, 15) is 4.79 Å². The van der Waals surface area contributed by atoms with E-state index in [2.05, 4.69) is 36.4 Å². The molecular formula is C11H19N3OS. The first-order valence-electron chi connectivity index (χ1n) is 5.64. The normalized spacial score (nSPS) is 10.5. The Bertz CT molecular complexity index is 336. The van der Waals surface area contributed by atoms with Crippen LogP contribution in [0.25, 0.3) is 0 Å². The van der Waals surface area contributed by atoms with Crippen LogP contribution in [0.15, 0.2) is 6.20 Å². The molecule has 1 aromatic heterocycles. The second-order valence-electron chi connectivity index (χ2n) is 3.96. The lowest BCUT2D eigenvalue weighted by molar-refractivity contribution is 0.252. The zero-order valence-electron chi connectivity index (χ0n) is 10.0. The third-order valence-electron chi connectivity index (χ3n) is 2.13. The van der Waals surface area contributed by atoms with Crippen molar-refractivity contribution in [2.24, 2.45) is 0 Å². The van der Waals surface area contributed by atoms with Gasteiger partial charge in [0, 0.05) is 17.6 Å². The zero-order chi connectivity index (χ0) is 12.0. The van der Waals surface area contributed by atoms with E-state index >= 15 is 0 Å². The standard InChI is InChI=1S/C11H19N3OS/c1-4-5-6-12-10(15)14-11-13-7-9(16-11)8(2)3/h7-8H,4-6H2,1-3H3,(H2,12,13,14,15). The number of amides is 2. The Morgan fingerprint density at radius 2 is 2.31 bits per heavy atom. The first-order valence-corrected chi connectivity index (χ1v) is 6.45. The summed E-state index contributed by atoms with van der Waals surface area (Å²) in [6, 6.07) is -0.168. The fourth-order valence-electron chi connectivity index (χ4n) is 1.13. The van der Waals surface area contributed by atoms with Crippen molar-refractivity contribution in [3.63, 3.8) is 0 Å². The first-order chi connectivity index (χ1) is 7.63. The van der Waals surface area contributed by atoms with Gasteiger partial charge in [0.15, 0.2) is 5.13 Å². The van der Waals surface area contributed by atoms with E-state index in [0.717, 1.165) is 12.8 Å². The van der Waals surface area contributed by atoms with Gasteiger partial charge in [0.2, 0.25) is 0 Å². The minimum atomic E-state index is -0.168. The lowest BCUT2D eigenvalue weighted by atomic mass is 10.2. The summed E-state index contributed by atoms with van der Waals surface area (Å²) in [5.41, 5.74) is 0. The zero-order valence-corrected chi connectivity index (χ0v) is 10.9. The molecule has 0 aliphatic carbocycles. The van der Waals surface area contributed by atoms with E-state index in [-0.39, 0.29) is 6.03 Å². The van der Waals surface area contributed by atoms with E-state index < -0.39 is 0 Å². The third-order valence-corrected chi connectivity index (χ3v) is 3.34. The molecule has 90 valence electrons. The summed E-state index contributed by atoms with van der Waals surface area (Å²) in [4.78, 5) is 16.7. The molecule has 16 heavy (non-hydrogen) atoms. The van der Waals surface area contributed by atoms with Crippen molar-refractivity contribution in [3.8, 4) is 0 Å². The monoisotopic (exact) mass is 241 g/mol. The summed E-state index contributed by atoms with van der Waals surface area (Å²) in [6.45, 7) is 7.03. The number of carbonyl (C=O) groups is 1. The van der Waals surface area contributed by atoms with Crippen LogP contribution in [0.4, 0.5) is 9.93 Å². The van der Waals surface area contributed by atoms with Crippen LogP contribution in [0.3, 0.4) is 0 Å². The first kappa shape index (κ1) is 13.0. The molecule has 0 fully saturated rings. The number of thiazole rings is 1. The van der Waals surface area contributed by atoms with Gasteiger partial charge in [0.1, 0.15) is 0 Å². The molecule has 0 bridgehead atoms. The molecule has 0 atom stereocenters. The predicted octanol–water partition coefficient (Wildman–Crippen LogP) is 3.19. The van der Waals surface area contributed by atoms with Crippen molar-refractivity contribution in [1.82, 2.24) is 10.3 Å². The van der Waals surface area contributed by atoms with Gasteiger partial charge in [0.05, 0.1) is 0 Å². The highest BCUT2D eigenvalue weighted by atomic mass is 32.1. The van der Waals surface area contributed by atoms with Crippen LogP contribution in [0.1, 0.15) is 44.4 Å². The maximum Gasteiger partial charge on any atom is 0.321 e. The fourth-order valence-corrected chi connectivity index (χ4v) is 1.94. The Kier molecular flexibility index (Phi) is 5.25. The van der Waals surface area contributed by atoms with E-state index in [0.29, 0.717) is 17.6 Å². The second-order valence-corrected chi connectivity index (χ2v) is 5.02. The Labute approximate surface area is 100 Å². The molecule has 1 rings (SSSR count). The van der Waals surface area contributed by atoms with Crippen molar-refractivity contribution in [3.05, 3.63) is 11.1 Å². The van der Waals surface area contributed by atoms with E-state index in [1.54, 1.807) is 0 Å². The number of urea groups is 1. The van der Waals surface area contributed by atoms with Gasteiger partial charge < -0.3 is 5.32 Å². The fraction of sp³-hybridized carbons (Fsp3) is 0.636. The van der Waals surface area contributed by atoms with Crippen LogP contribution in [0.2, 0.25) is 0 Å². The molecule has 0 aromatic carbocycles. The molecule has 0 aliphatic rings. The SMILES string of the molecule is CCCCNC(=O)Nc1ncc(C(C)C)s1.